The summed E-state index contributed by atoms with van der Waals surface area (Å²) in [6, 6.07) is 2.28. The number of hydrogen-bond acceptors (Lipinski definition) is 1. The van der Waals surface area contributed by atoms with Gasteiger partial charge in [0.05, 0.1) is 0 Å². The number of aromatic nitrogens is 2. The summed E-state index contributed by atoms with van der Waals surface area (Å²) >= 11 is 0. The van der Waals surface area contributed by atoms with Crippen LogP contribution in [-0.4, -0.2) is 9.55 Å². The molecule has 0 saturated carbocycles. The average Bonchev–Trinajstić information content (AvgIpc) is 2.60. The van der Waals surface area contributed by atoms with E-state index in [-0.39, 0.29) is 17.0 Å². The Balaban J connectivity index is 2.71. The molecule has 0 aliphatic rings. The highest BCUT2D eigenvalue weighted by molar-refractivity contribution is 8.45. The molecular weight excluding hydrogens is 287 g/mol. The van der Waals surface area contributed by atoms with E-state index in [0.29, 0.717) is 12.1 Å². The highest BCUT2D eigenvalue weighted by Crippen LogP contribution is 3.02. The SMILES string of the molecule is Cc1cc(-c2nccn2C)cc(S(F)(F)(F)(F)F)c1. The molecule has 1 aromatic carbocycles. The highest BCUT2D eigenvalue weighted by Gasteiger charge is 2.65. The molecule has 0 saturated heterocycles. The van der Waals surface area contributed by atoms with Gasteiger partial charge < -0.3 is 4.57 Å². The normalized spacial score (nSPS) is 15.9. The van der Waals surface area contributed by atoms with E-state index in [2.05, 4.69) is 4.98 Å². The third-order valence-corrected chi connectivity index (χ3v) is 3.70. The fraction of sp³-hybridized carbons (Fsp3) is 0.182. The molecule has 1 heterocycles. The lowest BCUT2D eigenvalue weighted by molar-refractivity contribution is 0.364. The van der Waals surface area contributed by atoms with E-state index in [1.165, 1.54) is 30.0 Å². The van der Waals surface area contributed by atoms with Gasteiger partial charge in [0, 0.05) is 25.0 Å². The Morgan fingerprint density at radius 3 is 2.16 bits per heavy atom. The van der Waals surface area contributed by atoms with Gasteiger partial charge in [0.2, 0.25) is 0 Å². The molecule has 0 fully saturated rings. The second-order valence-corrected chi connectivity index (χ2v) is 6.77. The molecule has 1 aromatic heterocycles. The van der Waals surface area contributed by atoms with E-state index in [9.17, 15) is 19.4 Å². The Kier molecular flexibility index (Phi) is 2.41. The van der Waals surface area contributed by atoms with Crippen LogP contribution in [0.15, 0.2) is 35.5 Å². The van der Waals surface area contributed by atoms with Crippen LogP contribution >= 0.6 is 10.2 Å². The summed E-state index contributed by atoms with van der Waals surface area (Å²) in [4.78, 5) is 1.97. The molecule has 0 aliphatic carbocycles. The van der Waals surface area contributed by atoms with Crippen molar-refractivity contribution in [1.29, 1.82) is 0 Å². The Morgan fingerprint density at radius 2 is 1.68 bits per heavy atom. The van der Waals surface area contributed by atoms with Crippen LogP contribution < -0.4 is 0 Å². The van der Waals surface area contributed by atoms with Crippen LogP contribution in [0.2, 0.25) is 0 Å². The molecular formula is C11H11F5N2S. The maximum Gasteiger partial charge on any atom is 0.310 e. The van der Waals surface area contributed by atoms with E-state index < -0.39 is 15.1 Å². The summed E-state index contributed by atoms with van der Waals surface area (Å²) < 4.78 is 65.6. The van der Waals surface area contributed by atoms with Crippen molar-refractivity contribution < 1.29 is 19.4 Å². The molecule has 0 bridgehead atoms. The smallest absolute Gasteiger partial charge is 0.310 e. The van der Waals surface area contributed by atoms with E-state index in [1.807, 2.05) is 0 Å². The average molecular weight is 298 g/mol. The van der Waals surface area contributed by atoms with Gasteiger partial charge in [-0.25, -0.2) is 4.98 Å². The molecule has 0 atom stereocenters. The van der Waals surface area contributed by atoms with Crippen molar-refractivity contribution in [3.8, 4) is 11.4 Å². The molecule has 0 radical (unpaired) electrons. The van der Waals surface area contributed by atoms with E-state index in [0.717, 1.165) is 0 Å². The largest absolute Gasteiger partial charge is 0.334 e. The molecule has 0 aliphatic heterocycles. The van der Waals surface area contributed by atoms with Crippen LogP contribution in [0.25, 0.3) is 11.4 Å². The molecule has 106 valence electrons. The number of benzene rings is 1. The van der Waals surface area contributed by atoms with Crippen LogP contribution in [0.4, 0.5) is 19.4 Å². The second-order valence-electron chi connectivity index (χ2n) is 4.37. The fourth-order valence-corrected chi connectivity index (χ4v) is 2.50. The molecule has 2 rings (SSSR count). The van der Waals surface area contributed by atoms with Crippen molar-refractivity contribution >= 4 is 10.2 Å². The van der Waals surface area contributed by atoms with E-state index in [4.69, 9.17) is 0 Å². The molecule has 2 nitrogen and oxygen atoms in total. The zero-order valence-corrected chi connectivity index (χ0v) is 10.9. The number of rotatable bonds is 2. The van der Waals surface area contributed by atoms with Crippen LogP contribution in [0.3, 0.4) is 0 Å². The summed E-state index contributed by atoms with van der Waals surface area (Å²) in [5, 5.41) is 0. The van der Waals surface area contributed by atoms with Gasteiger partial charge in [-0.3, -0.25) is 0 Å². The maximum atomic E-state index is 12.8. The number of halogens is 5. The van der Waals surface area contributed by atoms with Crippen molar-refractivity contribution in [2.45, 2.75) is 11.8 Å². The molecule has 8 heteroatoms. The summed E-state index contributed by atoms with van der Waals surface area (Å²) in [5.74, 6) is 0.201. The van der Waals surface area contributed by atoms with Gasteiger partial charge in [0.1, 0.15) is 10.7 Å². The predicted octanol–water partition coefficient (Wildman–Crippen LogP) is 5.05. The first-order valence-corrected chi connectivity index (χ1v) is 7.15. The van der Waals surface area contributed by atoms with Gasteiger partial charge in [-0.2, -0.15) is 0 Å². The van der Waals surface area contributed by atoms with Gasteiger partial charge in [0.25, 0.3) is 0 Å². The minimum Gasteiger partial charge on any atom is -0.334 e. The molecule has 2 aromatic rings. The molecule has 0 amide bonds. The van der Waals surface area contributed by atoms with Crippen LogP contribution in [0, 0.1) is 6.92 Å². The maximum absolute atomic E-state index is 12.8. The lowest BCUT2D eigenvalue weighted by atomic mass is 10.1. The van der Waals surface area contributed by atoms with E-state index >= 15 is 0 Å². The summed E-state index contributed by atoms with van der Waals surface area (Å²) in [7, 11) is -8.10. The van der Waals surface area contributed by atoms with Crippen molar-refractivity contribution in [3.05, 3.63) is 36.2 Å². The number of imidazole rings is 1. The van der Waals surface area contributed by atoms with Gasteiger partial charge in [0.15, 0.2) is 0 Å². The van der Waals surface area contributed by atoms with Crippen molar-refractivity contribution in [2.75, 3.05) is 0 Å². The Morgan fingerprint density at radius 1 is 1.05 bits per heavy atom. The minimum atomic E-state index is -9.67. The molecule has 0 unspecified atom stereocenters. The van der Waals surface area contributed by atoms with Gasteiger partial charge in [-0.1, -0.05) is 19.4 Å². The van der Waals surface area contributed by atoms with Gasteiger partial charge in [-0.05, 0) is 30.7 Å². The third kappa shape index (κ3) is 2.89. The Bertz CT molecular complexity index is 645. The minimum absolute atomic E-state index is 0.00995. The van der Waals surface area contributed by atoms with Crippen LogP contribution in [-0.2, 0) is 7.05 Å². The number of aryl methyl sites for hydroxylation is 2. The van der Waals surface area contributed by atoms with E-state index in [1.54, 1.807) is 7.05 Å². The van der Waals surface area contributed by atoms with Crippen molar-refractivity contribution in [3.63, 3.8) is 0 Å². The van der Waals surface area contributed by atoms with Crippen LogP contribution in [0.5, 0.6) is 0 Å². The Labute approximate surface area is 106 Å². The quantitative estimate of drug-likeness (QED) is 0.709. The highest BCUT2D eigenvalue weighted by atomic mass is 32.5. The van der Waals surface area contributed by atoms with Crippen molar-refractivity contribution in [1.82, 2.24) is 9.55 Å². The topological polar surface area (TPSA) is 17.8 Å². The predicted molar refractivity (Wildman–Crippen MR) is 64.8 cm³/mol. The van der Waals surface area contributed by atoms with Gasteiger partial charge in [-0.15, -0.1) is 0 Å². The number of nitrogens with zero attached hydrogens (tertiary/aromatic N) is 2. The summed E-state index contributed by atoms with van der Waals surface area (Å²) in [6.45, 7) is 1.33. The standard InChI is InChI=1S/C11H11F5N2S/c1-8-5-9(11-17-3-4-18(11)2)7-10(6-8)19(12,13,14,15)16/h3-7H,1-2H3. The first-order valence-electron chi connectivity index (χ1n) is 5.20. The zero-order chi connectivity index (χ0) is 14.5. The van der Waals surface area contributed by atoms with Gasteiger partial charge >= 0.3 is 10.2 Å². The number of hydrogen-bond donors (Lipinski definition) is 0. The third-order valence-electron chi connectivity index (χ3n) is 2.58. The monoisotopic (exact) mass is 298 g/mol. The van der Waals surface area contributed by atoms with Crippen molar-refractivity contribution in [2.24, 2.45) is 7.05 Å². The zero-order valence-electron chi connectivity index (χ0n) is 10.1. The summed E-state index contributed by atoms with van der Waals surface area (Å²) in [5.41, 5.74) is 0.111. The second kappa shape index (κ2) is 3.30. The molecule has 19 heavy (non-hydrogen) atoms. The summed E-state index contributed by atoms with van der Waals surface area (Å²) in [6.07, 6.45) is 2.91. The Hall–Kier alpha value is -1.57. The lowest BCUT2D eigenvalue weighted by Gasteiger charge is -2.40. The first-order chi connectivity index (χ1) is 8.36. The molecule has 0 N–H and O–H groups in total. The van der Waals surface area contributed by atoms with Crippen LogP contribution in [0.1, 0.15) is 5.56 Å². The fourth-order valence-electron chi connectivity index (χ4n) is 1.74. The lowest BCUT2D eigenvalue weighted by Crippen LogP contribution is -2.07. The first kappa shape index (κ1) is 13.9. The molecule has 0 spiro atoms.